The molecule has 1 aromatic rings. The van der Waals surface area contributed by atoms with Crippen molar-refractivity contribution in [1.82, 2.24) is 0 Å². The van der Waals surface area contributed by atoms with Crippen molar-refractivity contribution in [1.29, 1.82) is 0 Å². The first-order chi connectivity index (χ1) is 7.17. The van der Waals surface area contributed by atoms with Gasteiger partial charge in [-0.3, -0.25) is 0 Å². The summed E-state index contributed by atoms with van der Waals surface area (Å²) in [6.45, 7) is 6.02. The summed E-state index contributed by atoms with van der Waals surface area (Å²) < 4.78 is 0. The number of hydrogen-bond acceptors (Lipinski definition) is 3. The minimum absolute atomic E-state index is 0.306. The number of rotatable bonds is 5. The summed E-state index contributed by atoms with van der Waals surface area (Å²) in [5.74, 6) is 0. The van der Waals surface area contributed by atoms with Gasteiger partial charge in [0.25, 0.3) is 0 Å². The van der Waals surface area contributed by atoms with Crippen LogP contribution in [0.2, 0.25) is 0 Å². The van der Waals surface area contributed by atoms with Gasteiger partial charge in [-0.05, 0) is 31.5 Å². The van der Waals surface area contributed by atoms with Crippen LogP contribution in [0, 0.1) is 0 Å². The number of hydrogen-bond donors (Lipinski definition) is 2. The Morgan fingerprint density at radius 3 is 2.33 bits per heavy atom. The van der Waals surface area contributed by atoms with Crippen LogP contribution in [0.4, 0.5) is 5.69 Å². The van der Waals surface area contributed by atoms with Gasteiger partial charge in [0.2, 0.25) is 0 Å². The fraction of sp³-hybridized carbons (Fsp3) is 0.500. The third-order valence-corrected chi connectivity index (χ3v) is 2.40. The Balaban J connectivity index is 2.74. The number of nitrogens with zero attached hydrogens (tertiary/aromatic N) is 1. The second kappa shape index (κ2) is 5.73. The molecule has 0 aromatic heterocycles. The van der Waals surface area contributed by atoms with E-state index in [1.165, 1.54) is 0 Å². The zero-order valence-electron chi connectivity index (χ0n) is 9.48. The van der Waals surface area contributed by atoms with Gasteiger partial charge in [-0.15, -0.1) is 0 Å². The third kappa shape index (κ3) is 3.53. The molecule has 1 aromatic carbocycles. The van der Waals surface area contributed by atoms with E-state index in [9.17, 15) is 5.11 Å². The predicted molar refractivity (Wildman–Crippen MR) is 63.9 cm³/mol. The molecule has 0 radical (unpaired) electrons. The number of anilines is 1. The van der Waals surface area contributed by atoms with E-state index in [1.807, 2.05) is 24.3 Å². The average Bonchev–Trinajstić information content (AvgIpc) is 2.26. The van der Waals surface area contributed by atoms with Gasteiger partial charge in [0, 0.05) is 25.3 Å². The maximum Gasteiger partial charge on any atom is 0.0687 e. The average molecular weight is 208 g/mol. The molecule has 0 heterocycles. The summed E-state index contributed by atoms with van der Waals surface area (Å²) in [5, 5.41) is 9.35. The van der Waals surface area contributed by atoms with Crippen molar-refractivity contribution in [3.8, 4) is 0 Å². The first-order valence-corrected chi connectivity index (χ1v) is 5.39. The zero-order chi connectivity index (χ0) is 11.3. The van der Waals surface area contributed by atoms with Gasteiger partial charge in [-0.2, -0.15) is 0 Å². The molecule has 1 atom stereocenters. The van der Waals surface area contributed by atoms with Gasteiger partial charge in [0.05, 0.1) is 6.10 Å². The normalized spacial score (nSPS) is 12.5. The molecule has 0 aliphatic heterocycles. The molecule has 3 heteroatoms. The lowest BCUT2D eigenvalue weighted by atomic mass is 10.2. The van der Waals surface area contributed by atoms with Crippen LogP contribution in [0.5, 0.6) is 0 Å². The zero-order valence-corrected chi connectivity index (χ0v) is 9.48. The second-order valence-corrected chi connectivity index (χ2v) is 3.76. The van der Waals surface area contributed by atoms with Crippen molar-refractivity contribution in [3.05, 3.63) is 29.8 Å². The molecule has 0 fully saturated rings. The maximum atomic E-state index is 9.35. The van der Waals surface area contributed by atoms with Crippen LogP contribution in [0.1, 0.15) is 19.4 Å². The number of likely N-dealkylation sites (N-methyl/N-ethyl adjacent to an activating group) is 1. The minimum Gasteiger partial charge on any atom is -0.392 e. The highest BCUT2D eigenvalue weighted by atomic mass is 16.3. The largest absolute Gasteiger partial charge is 0.392 e. The van der Waals surface area contributed by atoms with Crippen LogP contribution in [0.3, 0.4) is 0 Å². The van der Waals surface area contributed by atoms with Gasteiger partial charge >= 0.3 is 0 Å². The topological polar surface area (TPSA) is 49.5 Å². The standard InChI is InChI=1S/C12H20N2O/c1-3-14(9-10(2)15)12-6-4-11(8-13)5-7-12/h4-7,10,15H,3,8-9,13H2,1-2H3. The summed E-state index contributed by atoms with van der Waals surface area (Å²) in [6, 6.07) is 8.15. The molecule has 0 amide bonds. The lowest BCUT2D eigenvalue weighted by molar-refractivity contribution is 0.200. The first-order valence-electron chi connectivity index (χ1n) is 5.39. The number of benzene rings is 1. The van der Waals surface area contributed by atoms with Crippen molar-refractivity contribution >= 4 is 5.69 Å². The fourth-order valence-electron chi connectivity index (χ4n) is 1.58. The van der Waals surface area contributed by atoms with Crippen molar-refractivity contribution in [2.45, 2.75) is 26.5 Å². The molecule has 0 saturated heterocycles. The van der Waals surface area contributed by atoms with Gasteiger partial charge in [-0.1, -0.05) is 12.1 Å². The predicted octanol–water partition coefficient (Wildman–Crippen LogP) is 1.35. The molecule has 15 heavy (non-hydrogen) atoms. The van der Waals surface area contributed by atoms with Gasteiger partial charge in [0.15, 0.2) is 0 Å². The molecule has 0 aliphatic carbocycles. The highest BCUT2D eigenvalue weighted by molar-refractivity contribution is 5.47. The Morgan fingerprint density at radius 2 is 1.93 bits per heavy atom. The lowest BCUT2D eigenvalue weighted by Crippen LogP contribution is -2.30. The van der Waals surface area contributed by atoms with E-state index >= 15 is 0 Å². The Hall–Kier alpha value is -1.06. The van der Waals surface area contributed by atoms with E-state index < -0.39 is 0 Å². The molecular weight excluding hydrogens is 188 g/mol. The summed E-state index contributed by atoms with van der Waals surface area (Å²) in [7, 11) is 0. The molecule has 0 aliphatic rings. The smallest absolute Gasteiger partial charge is 0.0687 e. The Kier molecular flexibility index (Phi) is 4.59. The van der Waals surface area contributed by atoms with E-state index in [1.54, 1.807) is 6.92 Å². The number of aliphatic hydroxyl groups excluding tert-OH is 1. The van der Waals surface area contributed by atoms with E-state index in [-0.39, 0.29) is 6.10 Å². The summed E-state index contributed by atoms with van der Waals surface area (Å²) >= 11 is 0. The van der Waals surface area contributed by atoms with Gasteiger partial charge in [0.1, 0.15) is 0 Å². The summed E-state index contributed by atoms with van der Waals surface area (Å²) in [6.07, 6.45) is -0.306. The van der Waals surface area contributed by atoms with Crippen LogP contribution in [-0.4, -0.2) is 24.3 Å². The van der Waals surface area contributed by atoms with Gasteiger partial charge in [-0.25, -0.2) is 0 Å². The highest BCUT2D eigenvalue weighted by Crippen LogP contribution is 2.15. The molecule has 1 rings (SSSR count). The molecule has 84 valence electrons. The molecule has 0 saturated carbocycles. The van der Waals surface area contributed by atoms with Crippen LogP contribution in [0.15, 0.2) is 24.3 Å². The van der Waals surface area contributed by atoms with Crippen LogP contribution in [0.25, 0.3) is 0 Å². The Morgan fingerprint density at radius 1 is 1.33 bits per heavy atom. The molecule has 0 bridgehead atoms. The highest BCUT2D eigenvalue weighted by Gasteiger charge is 2.06. The van der Waals surface area contributed by atoms with Crippen LogP contribution in [-0.2, 0) is 6.54 Å². The molecule has 0 spiro atoms. The fourth-order valence-corrected chi connectivity index (χ4v) is 1.58. The Bertz CT molecular complexity index is 282. The Labute approximate surface area is 91.5 Å². The van der Waals surface area contributed by atoms with E-state index in [0.29, 0.717) is 13.1 Å². The molecule has 3 nitrogen and oxygen atoms in total. The van der Waals surface area contributed by atoms with Crippen LogP contribution < -0.4 is 10.6 Å². The lowest BCUT2D eigenvalue weighted by Gasteiger charge is -2.24. The number of aliphatic hydroxyl groups is 1. The quantitative estimate of drug-likeness (QED) is 0.768. The van der Waals surface area contributed by atoms with Gasteiger partial charge < -0.3 is 15.7 Å². The molecule has 3 N–H and O–H groups in total. The first kappa shape index (κ1) is 12.0. The van der Waals surface area contributed by atoms with E-state index in [0.717, 1.165) is 17.8 Å². The maximum absolute atomic E-state index is 9.35. The molecule has 1 unspecified atom stereocenters. The molecular formula is C12H20N2O. The summed E-state index contributed by atoms with van der Waals surface area (Å²) in [5.41, 5.74) is 7.80. The van der Waals surface area contributed by atoms with Crippen molar-refractivity contribution in [2.24, 2.45) is 5.73 Å². The minimum atomic E-state index is -0.306. The van der Waals surface area contributed by atoms with Crippen molar-refractivity contribution in [3.63, 3.8) is 0 Å². The SMILES string of the molecule is CCN(CC(C)O)c1ccc(CN)cc1. The van der Waals surface area contributed by atoms with E-state index in [4.69, 9.17) is 5.73 Å². The number of nitrogens with two attached hydrogens (primary N) is 1. The summed E-state index contributed by atoms with van der Waals surface area (Å²) in [4.78, 5) is 2.14. The van der Waals surface area contributed by atoms with Crippen LogP contribution >= 0.6 is 0 Å². The van der Waals surface area contributed by atoms with Crippen molar-refractivity contribution < 1.29 is 5.11 Å². The third-order valence-electron chi connectivity index (χ3n) is 2.40. The van der Waals surface area contributed by atoms with Crippen molar-refractivity contribution in [2.75, 3.05) is 18.0 Å². The monoisotopic (exact) mass is 208 g/mol. The second-order valence-electron chi connectivity index (χ2n) is 3.76. The van der Waals surface area contributed by atoms with E-state index in [2.05, 4.69) is 11.8 Å².